The third kappa shape index (κ3) is 5.89. The van der Waals surface area contributed by atoms with Gasteiger partial charge in [0.25, 0.3) is 5.91 Å². The van der Waals surface area contributed by atoms with Crippen LogP contribution in [0, 0.1) is 12.8 Å². The van der Waals surface area contributed by atoms with Crippen molar-refractivity contribution >= 4 is 29.1 Å². The fourth-order valence-electron chi connectivity index (χ4n) is 2.49. The Bertz CT molecular complexity index is 818. The zero-order valence-corrected chi connectivity index (χ0v) is 16.3. The van der Waals surface area contributed by atoms with Gasteiger partial charge in [-0.2, -0.15) is 0 Å². The van der Waals surface area contributed by atoms with Crippen LogP contribution in [0.2, 0.25) is 0 Å². The summed E-state index contributed by atoms with van der Waals surface area (Å²) in [5.74, 6) is -1.91. The molecule has 144 valence electrons. The van der Waals surface area contributed by atoms with Gasteiger partial charge < -0.3 is 15.7 Å². The standard InChI is InChI=1S/C19H23N3O4S/c1-11(2)9-14(19(25)26)22-15(23)10-20-17(24)16-12(3)21-18(27-16)13-7-5-4-6-8-13/h4-8,11,14H,9-10H2,1-3H3,(H,20,24)(H,22,23)(H,25,26)/t14-/m0/s1. The van der Waals surface area contributed by atoms with Crippen molar-refractivity contribution in [2.75, 3.05) is 6.54 Å². The highest BCUT2D eigenvalue weighted by molar-refractivity contribution is 7.17. The van der Waals surface area contributed by atoms with Crippen LogP contribution in [0.3, 0.4) is 0 Å². The molecule has 1 aromatic carbocycles. The smallest absolute Gasteiger partial charge is 0.326 e. The van der Waals surface area contributed by atoms with E-state index in [1.165, 1.54) is 11.3 Å². The van der Waals surface area contributed by atoms with Gasteiger partial charge in [-0.3, -0.25) is 9.59 Å². The van der Waals surface area contributed by atoms with Gasteiger partial charge in [-0.1, -0.05) is 44.2 Å². The van der Waals surface area contributed by atoms with Gasteiger partial charge in [0, 0.05) is 5.56 Å². The fraction of sp³-hybridized carbons (Fsp3) is 0.368. The maximum atomic E-state index is 12.4. The van der Waals surface area contributed by atoms with Crippen molar-refractivity contribution in [3.63, 3.8) is 0 Å². The number of carboxylic acids is 1. The van der Waals surface area contributed by atoms with E-state index in [0.717, 1.165) is 10.6 Å². The second-order valence-corrected chi connectivity index (χ2v) is 7.57. The van der Waals surface area contributed by atoms with Gasteiger partial charge in [0.15, 0.2) is 0 Å². The Kier molecular flexibility index (Phi) is 7.06. The van der Waals surface area contributed by atoms with Crippen molar-refractivity contribution in [2.24, 2.45) is 5.92 Å². The van der Waals surface area contributed by atoms with E-state index in [2.05, 4.69) is 15.6 Å². The van der Waals surface area contributed by atoms with E-state index in [9.17, 15) is 14.4 Å². The topological polar surface area (TPSA) is 108 Å². The predicted molar refractivity (Wildman–Crippen MR) is 104 cm³/mol. The second-order valence-electron chi connectivity index (χ2n) is 6.57. The van der Waals surface area contributed by atoms with Gasteiger partial charge >= 0.3 is 5.97 Å². The molecule has 2 amide bonds. The fourth-order valence-corrected chi connectivity index (χ4v) is 3.48. The van der Waals surface area contributed by atoms with E-state index < -0.39 is 23.8 Å². The van der Waals surface area contributed by atoms with Crippen molar-refractivity contribution in [2.45, 2.75) is 33.2 Å². The Labute approximate surface area is 161 Å². The molecule has 1 heterocycles. The molecule has 1 atom stereocenters. The van der Waals surface area contributed by atoms with Crippen molar-refractivity contribution in [1.82, 2.24) is 15.6 Å². The maximum Gasteiger partial charge on any atom is 0.326 e. The summed E-state index contributed by atoms with van der Waals surface area (Å²) in [6, 6.07) is 8.55. The van der Waals surface area contributed by atoms with E-state index in [4.69, 9.17) is 5.11 Å². The molecule has 0 unspecified atom stereocenters. The number of nitrogens with zero attached hydrogens (tertiary/aromatic N) is 1. The number of carboxylic acid groups (broad SMARTS) is 1. The molecule has 0 radical (unpaired) electrons. The summed E-state index contributed by atoms with van der Waals surface area (Å²) >= 11 is 1.25. The number of hydrogen-bond acceptors (Lipinski definition) is 5. The van der Waals surface area contributed by atoms with Crippen LogP contribution in [0.1, 0.15) is 35.6 Å². The number of carbonyl (C=O) groups is 3. The molecular weight excluding hydrogens is 366 g/mol. The number of aliphatic carboxylic acids is 1. The second kappa shape index (κ2) is 9.27. The molecule has 0 bridgehead atoms. The summed E-state index contributed by atoms with van der Waals surface area (Å²) in [6.45, 7) is 5.20. The van der Waals surface area contributed by atoms with Crippen molar-refractivity contribution in [3.8, 4) is 10.6 Å². The minimum atomic E-state index is -1.09. The first kappa shape index (κ1) is 20.6. The van der Waals surface area contributed by atoms with Gasteiger partial charge in [0.2, 0.25) is 5.91 Å². The van der Waals surface area contributed by atoms with Gasteiger partial charge in [-0.15, -0.1) is 11.3 Å². The van der Waals surface area contributed by atoms with Crippen LogP contribution in [-0.2, 0) is 9.59 Å². The molecule has 0 spiro atoms. The third-order valence-electron chi connectivity index (χ3n) is 3.77. The zero-order valence-electron chi connectivity index (χ0n) is 15.5. The lowest BCUT2D eigenvalue weighted by Crippen LogP contribution is -2.46. The number of benzene rings is 1. The molecule has 8 heteroatoms. The van der Waals surface area contributed by atoms with Gasteiger partial charge in [-0.25, -0.2) is 9.78 Å². The number of rotatable bonds is 8. The molecule has 0 saturated carbocycles. The number of nitrogens with one attached hydrogen (secondary N) is 2. The highest BCUT2D eigenvalue weighted by Crippen LogP contribution is 2.27. The first-order chi connectivity index (χ1) is 12.8. The zero-order chi connectivity index (χ0) is 20.0. The number of aromatic nitrogens is 1. The average molecular weight is 389 g/mol. The third-order valence-corrected chi connectivity index (χ3v) is 4.98. The molecule has 2 aromatic rings. The maximum absolute atomic E-state index is 12.4. The lowest BCUT2D eigenvalue weighted by atomic mass is 10.0. The summed E-state index contributed by atoms with van der Waals surface area (Å²) in [7, 11) is 0. The highest BCUT2D eigenvalue weighted by Gasteiger charge is 2.22. The summed E-state index contributed by atoms with van der Waals surface area (Å²) in [5.41, 5.74) is 1.50. The van der Waals surface area contributed by atoms with Crippen LogP contribution in [0.4, 0.5) is 0 Å². The molecule has 0 aliphatic rings. The summed E-state index contributed by atoms with van der Waals surface area (Å²) < 4.78 is 0. The molecule has 3 N–H and O–H groups in total. The minimum absolute atomic E-state index is 0.122. The lowest BCUT2D eigenvalue weighted by Gasteiger charge is -2.16. The van der Waals surface area contributed by atoms with Crippen molar-refractivity contribution < 1.29 is 19.5 Å². The predicted octanol–water partition coefficient (Wildman–Crippen LogP) is 2.46. The number of carbonyl (C=O) groups excluding carboxylic acids is 2. The summed E-state index contributed by atoms with van der Waals surface area (Å²) in [6.07, 6.45) is 0.323. The molecular formula is C19H23N3O4S. The molecule has 7 nitrogen and oxygen atoms in total. The van der Waals surface area contributed by atoms with Gasteiger partial charge in [-0.05, 0) is 19.3 Å². The van der Waals surface area contributed by atoms with E-state index >= 15 is 0 Å². The molecule has 0 saturated heterocycles. The molecule has 0 aliphatic carbocycles. The first-order valence-corrected chi connectivity index (χ1v) is 9.42. The molecule has 0 aliphatic heterocycles. The Morgan fingerprint density at radius 1 is 1.19 bits per heavy atom. The number of hydrogen-bond donors (Lipinski definition) is 3. The Morgan fingerprint density at radius 2 is 1.85 bits per heavy atom. The number of amides is 2. The summed E-state index contributed by atoms with van der Waals surface area (Å²) in [4.78, 5) is 40.4. The normalized spacial score (nSPS) is 11.9. The molecule has 2 rings (SSSR count). The molecule has 1 aromatic heterocycles. The van der Waals surface area contributed by atoms with E-state index in [1.807, 2.05) is 44.2 Å². The monoisotopic (exact) mass is 389 g/mol. The average Bonchev–Trinajstić information content (AvgIpc) is 3.01. The van der Waals surface area contributed by atoms with Gasteiger partial charge in [0.1, 0.15) is 15.9 Å². The Morgan fingerprint density at radius 3 is 2.44 bits per heavy atom. The number of thiazole rings is 1. The van der Waals surface area contributed by atoms with Crippen LogP contribution >= 0.6 is 11.3 Å². The Balaban J connectivity index is 1.96. The largest absolute Gasteiger partial charge is 0.480 e. The van der Waals surface area contributed by atoms with Crippen LogP contribution in [0.15, 0.2) is 30.3 Å². The first-order valence-electron chi connectivity index (χ1n) is 8.61. The van der Waals surface area contributed by atoms with Crippen LogP contribution in [0.25, 0.3) is 10.6 Å². The summed E-state index contributed by atoms with van der Waals surface area (Å²) in [5, 5.41) is 14.9. The van der Waals surface area contributed by atoms with E-state index in [1.54, 1.807) is 6.92 Å². The highest BCUT2D eigenvalue weighted by atomic mass is 32.1. The SMILES string of the molecule is Cc1nc(-c2ccccc2)sc1C(=O)NCC(=O)N[C@@H](CC(C)C)C(=O)O. The van der Waals surface area contributed by atoms with E-state index in [-0.39, 0.29) is 12.5 Å². The van der Waals surface area contributed by atoms with Gasteiger partial charge in [0.05, 0.1) is 12.2 Å². The van der Waals surface area contributed by atoms with E-state index in [0.29, 0.717) is 17.0 Å². The van der Waals surface area contributed by atoms with Crippen LogP contribution < -0.4 is 10.6 Å². The van der Waals surface area contributed by atoms with Crippen LogP contribution in [0.5, 0.6) is 0 Å². The molecule has 0 fully saturated rings. The Hall–Kier alpha value is -2.74. The van der Waals surface area contributed by atoms with Crippen molar-refractivity contribution in [3.05, 3.63) is 40.9 Å². The van der Waals surface area contributed by atoms with Crippen LogP contribution in [-0.4, -0.2) is 40.5 Å². The molecule has 27 heavy (non-hydrogen) atoms. The minimum Gasteiger partial charge on any atom is -0.480 e. The lowest BCUT2D eigenvalue weighted by molar-refractivity contribution is -0.142. The quantitative estimate of drug-likeness (QED) is 0.643. The van der Waals surface area contributed by atoms with Crippen molar-refractivity contribution in [1.29, 1.82) is 0 Å². The number of aryl methyl sites for hydroxylation is 1.